The predicted octanol–water partition coefficient (Wildman–Crippen LogP) is 3.67. The van der Waals surface area contributed by atoms with E-state index >= 15 is 0 Å². The number of anilines is 1. The van der Waals surface area contributed by atoms with Crippen molar-refractivity contribution < 1.29 is 4.74 Å². The average Bonchev–Trinajstić information content (AvgIpc) is 2.55. The zero-order valence-electron chi connectivity index (χ0n) is 14.1. The van der Waals surface area contributed by atoms with Crippen molar-refractivity contribution in [3.8, 4) is 0 Å². The van der Waals surface area contributed by atoms with E-state index in [2.05, 4.69) is 65.3 Å². The molecule has 0 spiro atoms. The number of piperazine rings is 1. The van der Waals surface area contributed by atoms with Gasteiger partial charge in [0.2, 0.25) is 0 Å². The number of hydrogen-bond donors (Lipinski definition) is 0. The Bertz CT molecular complexity index is 694. The Morgan fingerprint density at radius 1 is 0.958 bits per heavy atom. The lowest BCUT2D eigenvalue weighted by Crippen LogP contribution is -2.56. The van der Waals surface area contributed by atoms with Crippen LogP contribution in [0.15, 0.2) is 58.3 Å². The topological polar surface area (TPSA) is 15.7 Å². The maximum Gasteiger partial charge on any atom is 0.0645 e. The van der Waals surface area contributed by atoms with Gasteiger partial charge < -0.3 is 9.64 Å². The lowest BCUT2D eigenvalue weighted by Gasteiger charge is -2.43. The van der Waals surface area contributed by atoms with Gasteiger partial charge in [-0.05, 0) is 31.2 Å². The number of hydrogen-bond acceptors (Lipinski definition) is 4. The van der Waals surface area contributed by atoms with Crippen LogP contribution in [-0.4, -0.2) is 50.3 Å². The highest BCUT2D eigenvalue weighted by molar-refractivity contribution is 7.99. The molecular weight excluding hydrogens is 316 g/mol. The van der Waals surface area contributed by atoms with Gasteiger partial charge in [0.05, 0.1) is 24.9 Å². The third-order valence-corrected chi connectivity index (χ3v) is 5.93. The van der Waals surface area contributed by atoms with E-state index in [1.54, 1.807) is 0 Å². The molecule has 3 nitrogen and oxygen atoms in total. The highest BCUT2D eigenvalue weighted by atomic mass is 32.2. The van der Waals surface area contributed by atoms with Gasteiger partial charge in [0.15, 0.2) is 0 Å². The molecule has 0 radical (unpaired) electrons. The van der Waals surface area contributed by atoms with E-state index < -0.39 is 0 Å². The zero-order valence-corrected chi connectivity index (χ0v) is 15.0. The second kappa shape index (κ2) is 7.18. The summed E-state index contributed by atoms with van der Waals surface area (Å²) in [4.78, 5) is 7.78. The Morgan fingerprint density at radius 3 is 2.46 bits per heavy atom. The Labute approximate surface area is 148 Å². The van der Waals surface area contributed by atoms with Crippen LogP contribution in [0.3, 0.4) is 0 Å². The van der Waals surface area contributed by atoms with Crippen LogP contribution in [0.25, 0.3) is 0 Å². The van der Waals surface area contributed by atoms with Crippen LogP contribution in [0, 0.1) is 6.92 Å². The molecule has 0 unspecified atom stereocenters. The summed E-state index contributed by atoms with van der Waals surface area (Å²) in [7, 11) is 0. The fraction of sp³-hybridized carbons (Fsp3) is 0.400. The lowest BCUT2D eigenvalue weighted by molar-refractivity contribution is -0.0660. The number of benzene rings is 2. The van der Waals surface area contributed by atoms with Crippen LogP contribution >= 0.6 is 11.8 Å². The summed E-state index contributed by atoms with van der Waals surface area (Å²) in [6.45, 7) is 8.46. The number of nitrogens with zero attached hydrogens (tertiary/aromatic N) is 2. The van der Waals surface area contributed by atoms with Gasteiger partial charge in [0.1, 0.15) is 0 Å². The Balaban J connectivity index is 1.47. The second-order valence-electron chi connectivity index (χ2n) is 6.60. The largest absolute Gasteiger partial charge is 0.378 e. The van der Waals surface area contributed by atoms with Crippen molar-refractivity contribution >= 4 is 17.4 Å². The van der Waals surface area contributed by atoms with Gasteiger partial charge in [-0.2, -0.15) is 0 Å². The molecule has 0 atom stereocenters. The maximum absolute atomic E-state index is 5.34. The monoisotopic (exact) mass is 340 g/mol. The molecule has 0 N–H and O–H groups in total. The molecule has 2 heterocycles. The molecule has 0 saturated carbocycles. The molecular formula is C20H24N2OS. The van der Waals surface area contributed by atoms with E-state index in [-0.39, 0.29) is 0 Å². The highest BCUT2D eigenvalue weighted by Gasteiger charge is 2.29. The van der Waals surface area contributed by atoms with Gasteiger partial charge in [0, 0.05) is 36.0 Å². The molecule has 2 saturated heterocycles. The first-order chi connectivity index (χ1) is 11.8. The molecule has 126 valence electrons. The molecule has 2 aromatic carbocycles. The van der Waals surface area contributed by atoms with Crippen molar-refractivity contribution in [3.63, 3.8) is 0 Å². The smallest absolute Gasteiger partial charge is 0.0645 e. The van der Waals surface area contributed by atoms with E-state index in [1.165, 1.54) is 21.0 Å². The minimum absolute atomic E-state index is 0.657. The summed E-state index contributed by atoms with van der Waals surface area (Å²) < 4.78 is 5.34. The number of para-hydroxylation sites is 1. The Kier molecular flexibility index (Phi) is 4.79. The quantitative estimate of drug-likeness (QED) is 0.843. The van der Waals surface area contributed by atoms with Crippen molar-refractivity contribution in [1.82, 2.24) is 4.90 Å². The summed E-state index contributed by atoms with van der Waals surface area (Å²) in [5, 5.41) is 0. The van der Waals surface area contributed by atoms with E-state index in [0.717, 1.165) is 39.4 Å². The average molecular weight is 340 g/mol. The third kappa shape index (κ3) is 3.46. The summed E-state index contributed by atoms with van der Waals surface area (Å²) >= 11 is 1.87. The van der Waals surface area contributed by atoms with Crippen LogP contribution in [0.5, 0.6) is 0 Å². The van der Waals surface area contributed by atoms with E-state index in [9.17, 15) is 0 Å². The van der Waals surface area contributed by atoms with Gasteiger partial charge in [-0.1, -0.05) is 41.6 Å². The van der Waals surface area contributed by atoms with Gasteiger partial charge in [0.25, 0.3) is 0 Å². The second-order valence-corrected chi connectivity index (χ2v) is 7.72. The van der Waals surface area contributed by atoms with E-state index in [4.69, 9.17) is 4.74 Å². The SMILES string of the molecule is Cc1cccc(Sc2ccccc2N2CCN(C3COC3)CC2)c1. The first-order valence-electron chi connectivity index (χ1n) is 8.70. The molecule has 2 aliphatic heterocycles. The van der Waals surface area contributed by atoms with E-state index in [0.29, 0.717) is 6.04 Å². The summed E-state index contributed by atoms with van der Waals surface area (Å²) in [5.74, 6) is 0. The van der Waals surface area contributed by atoms with Crippen LogP contribution < -0.4 is 4.90 Å². The summed E-state index contributed by atoms with van der Waals surface area (Å²) in [6.07, 6.45) is 0. The molecule has 0 bridgehead atoms. The van der Waals surface area contributed by atoms with Crippen molar-refractivity contribution in [1.29, 1.82) is 0 Å². The van der Waals surface area contributed by atoms with Gasteiger partial charge in [-0.15, -0.1) is 0 Å². The normalized spacial score (nSPS) is 19.3. The minimum atomic E-state index is 0.657. The van der Waals surface area contributed by atoms with E-state index in [1.807, 2.05) is 11.8 Å². The zero-order chi connectivity index (χ0) is 16.4. The fourth-order valence-electron chi connectivity index (χ4n) is 3.37. The Morgan fingerprint density at radius 2 is 1.75 bits per heavy atom. The predicted molar refractivity (Wildman–Crippen MR) is 100 cm³/mol. The fourth-order valence-corrected chi connectivity index (χ4v) is 4.47. The van der Waals surface area contributed by atoms with Crippen molar-refractivity contribution in [2.24, 2.45) is 0 Å². The Hall–Kier alpha value is -1.49. The standard InChI is InChI=1S/C20H24N2OS/c1-16-5-4-6-18(13-16)24-20-8-3-2-7-19(20)22-11-9-21(10-12-22)17-14-23-15-17/h2-8,13,17H,9-12,14-15H2,1H3. The number of rotatable bonds is 4. The van der Waals surface area contributed by atoms with Gasteiger partial charge in [-0.3, -0.25) is 4.90 Å². The molecule has 24 heavy (non-hydrogen) atoms. The van der Waals surface area contributed by atoms with Crippen LogP contribution in [0.4, 0.5) is 5.69 Å². The van der Waals surface area contributed by atoms with Crippen molar-refractivity contribution in [2.75, 3.05) is 44.3 Å². The number of aryl methyl sites for hydroxylation is 1. The summed E-state index contributed by atoms with van der Waals surface area (Å²) in [6, 6.07) is 18.2. The highest BCUT2D eigenvalue weighted by Crippen LogP contribution is 2.36. The summed E-state index contributed by atoms with van der Waals surface area (Å²) in [5.41, 5.74) is 2.68. The van der Waals surface area contributed by atoms with Gasteiger partial charge >= 0.3 is 0 Å². The minimum Gasteiger partial charge on any atom is -0.378 e. The first kappa shape index (κ1) is 16.0. The lowest BCUT2D eigenvalue weighted by atomic mass is 10.1. The molecule has 0 aliphatic carbocycles. The van der Waals surface area contributed by atoms with Crippen LogP contribution in [-0.2, 0) is 4.74 Å². The molecule has 2 aromatic rings. The van der Waals surface area contributed by atoms with Crippen molar-refractivity contribution in [3.05, 3.63) is 54.1 Å². The molecule has 2 fully saturated rings. The third-order valence-electron chi connectivity index (χ3n) is 4.87. The maximum atomic E-state index is 5.34. The molecule has 4 rings (SSSR count). The molecule has 0 aromatic heterocycles. The van der Waals surface area contributed by atoms with Crippen LogP contribution in [0.1, 0.15) is 5.56 Å². The molecule has 2 aliphatic rings. The molecule has 0 amide bonds. The number of ether oxygens (including phenoxy) is 1. The molecule has 4 heteroatoms. The van der Waals surface area contributed by atoms with Gasteiger partial charge in [-0.25, -0.2) is 0 Å². The first-order valence-corrected chi connectivity index (χ1v) is 9.51. The van der Waals surface area contributed by atoms with Crippen LogP contribution in [0.2, 0.25) is 0 Å². The van der Waals surface area contributed by atoms with Crippen molar-refractivity contribution in [2.45, 2.75) is 22.8 Å².